The molecular formula is C18H24N2O2. The van der Waals surface area contributed by atoms with E-state index in [1.807, 2.05) is 18.2 Å². The van der Waals surface area contributed by atoms with Crippen molar-refractivity contribution in [3.8, 4) is 0 Å². The molecular weight excluding hydrogens is 276 g/mol. The first-order valence-corrected chi connectivity index (χ1v) is 8.36. The van der Waals surface area contributed by atoms with Crippen molar-refractivity contribution >= 4 is 11.8 Å². The molecule has 1 aromatic carbocycles. The number of benzene rings is 1. The zero-order valence-electron chi connectivity index (χ0n) is 12.9. The maximum Gasteiger partial charge on any atom is 0.220 e. The lowest BCUT2D eigenvalue weighted by atomic mass is 10.1. The standard InChI is InChI=1S/C18H24N2O2/c21-17(19-14-8-4-5-9-14)10-11-18(22)20-16-12-15(16)13-6-2-1-3-7-13/h1-3,6-7,14-16H,4-5,8-12H2,(H,19,21)(H,20,22). The van der Waals surface area contributed by atoms with Gasteiger partial charge in [-0.15, -0.1) is 0 Å². The molecule has 0 aliphatic heterocycles. The van der Waals surface area contributed by atoms with Crippen molar-refractivity contribution < 1.29 is 9.59 Å². The molecule has 4 heteroatoms. The van der Waals surface area contributed by atoms with Crippen molar-refractivity contribution in [1.29, 1.82) is 0 Å². The Morgan fingerprint density at radius 3 is 2.27 bits per heavy atom. The molecule has 0 saturated heterocycles. The van der Waals surface area contributed by atoms with Gasteiger partial charge in [-0.1, -0.05) is 43.2 Å². The van der Waals surface area contributed by atoms with Crippen LogP contribution in [0.3, 0.4) is 0 Å². The van der Waals surface area contributed by atoms with Crippen LogP contribution in [-0.4, -0.2) is 23.9 Å². The van der Waals surface area contributed by atoms with Crippen LogP contribution in [-0.2, 0) is 9.59 Å². The third-order valence-electron chi connectivity index (χ3n) is 4.66. The molecule has 2 aliphatic rings. The molecule has 22 heavy (non-hydrogen) atoms. The van der Waals surface area contributed by atoms with E-state index >= 15 is 0 Å². The maximum absolute atomic E-state index is 11.9. The van der Waals surface area contributed by atoms with E-state index in [2.05, 4.69) is 22.8 Å². The van der Waals surface area contributed by atoms with Crippen molar-refractivity contribution in [1.82, 2.24) is 10.6 Å². The molecule has 2 N–H and O–H groups in total. The van der Waals surface area contributed by atoms with Gasteiger partial charge in [0.05, 0.1) is 0 Å². The van der Waals surface area contributed by atoms with Crippen LogP contribution >= 0.6 is 0 Å². The fourth-order valence-electron chi connectivity index (χ4n) is 3.30. The topological polar surface area (TPSA) is 58.2 Å². The Balaban J connectivity index is 1.34. The van der Waals surface area contributed by atoms with Crippen LogP contribution in [0, 0.1) is 0 Å². The van der Waals surface area contributed by atoms with Crippen molar-refractivity contribution in [3.05, 3.63) is 35.9 Å². The summed E-state index contributed by atoms with van der Waals surface area (Å²) < 4.78 is 0. The van der Waals surface area contributed by atoms with Crippen LogP contribution in [0.25, 0.3) is 0 Å². The van der Waals surface area contributed by atoms with Crippen LogP contribution in [0.2, 0.25) is 0 Å². The Bertz CT molecular complexity index is 523. The Morgan fingerprint density at radius 2 is 1.59 bits per heavy atom. The summed E-state index contributed by atoms with van der Waals surface area (Å²) in [5, 5.41) is 6.05. The number of amides is 2. The lowest BCUT2D eigenvalue weighted by molar-refractivity contribution is -0.126. The molecule has 0 aromatic heterocycles. The smallest absolute Gasteiger partial charge is 0.220 e. The fourth-order valence-corrected chi connectivity index (χ4v) is 3.30. The van der Waals surface area contributed by atoms with Gasteiger partial charge in [-0.25, -0.2) is 0 Å². The molecule has 1 aromatic rings. The van der Waals surface area contributed by atoms with E-state index in [0.717, 1.165) is 19.3 Å². The Labute approximate surface area is 131 Å². The number of nitrogens with one attached hydrogen (secondary N) is 2. The molecule has 2 aliphatic carbocycles. The van der Waals surface area contributed by atoms with E-state index in [-0.39, 0.29) is 24.3 Å². The van der Waals surface area contributed by atoms with Gasteiger partial charge in [-0.3, -0.25) is 9.59 Å². The van der Waals surface area contributed by atoms with Crippen molar-refractivity contribution in [3.63, 3.8) is 0 Å². The zero-order chi connectivity index (χ0) is 15.4. The molecule has 2 fully saturated rings. The lowest BCUT2D eigenvalue weighted by Gasteiger charge is -2.11. The number of rotatable bonds is 6. The summed E-state index contributed by atoms with van der Waals surface area (Å²) in [7, 11) is 0. The normalized spacial score (nSPS) is 24.0. The third-order valence-corrected chi connectivity index (χ3v) is 4.66. The van der Waals surface area contributed by atoms with Gasteiger partial charge in [0.25, 0.3) is 0 Å². The van der Waals surface area contributed by atoms with E-state index in [1.165, 1.54) is 18.4 Å². The van der Waals surface area contributed by atoms with Gasteiger partial charge in [-0.2, -0.15) is 0 Å². The van der Waals surface area contributed by atoms with E-state index in [0.29, 0.717) is 18.4 Å². The first-order chi connectivity index (χ1) is 10.7. The lowest BCUT2D eigenvalue weighted by Crippen LogP contribution is -2.34. The number of carbonyl (C=O) groups excluding carboxylic acids is 2. The highest BCUT2D eigenvalue weighted by atomic mass is 16.2. The highest BCUT2D eigenvalue weighted by Gasteiger charge is 2.39. The minimum absolute atomic E-state index is 0.00926. The van der Waals surface area contributed by atoms with Gasteiger partial charge in [0.2, 0.25) is 11.8 Å². The van der Waals surface area contributed by atoms with Gasteiger partial charge in [0.1, 0.15) is 0 Å². The molecule has 2 saturated carbocycles. The molecule has 4 nitrogen and oxygen atoms in total. The monoisotopic (exact) mass is 300 g/mol. The second-order valence-electron chi connectivity index (χ2n) is 6.48. The van der Waals surface area contributed by atoms with Gasteiger partial charge < -0.3 is 10.6 Å². The first-order valence-electron chi connectivity index (χ1n) is 8.36. The van der Waals surface area contributed by atoms with Crippen molar-refractivity contribution in [2.45, 2.75) is 62.9 Å². The Morgan fingerprint density at radius 1 is 0.955 bits per heavy atom. The predicted molar refractivity (Wildman–Crippen MR) is 85.4 cm³/mol. The predicted octanol–water partition coefficient (Wildman–Crippen LogP) is 2.50. The van der Waals surface area contributed by atoms with Crippen LogP contribution in [0.15, 0.2) is 30.3 Å². The fraction of sp³-hybridized carbons (Fsp3) is 0.556. The molecule has 2 atom stereocenters. The van der Waals surface area contributed by atoms with E-state index in [9.17, 15) is 9.59 Å². The quantitative estimate of drug-likeness (QED) is 0.848. The number of hydrogen-bond donors (Lipinski definition) is 2. The van der Waals surface area contributed by atoms with Gasteiger partial charge in [-0.05, 0) is 24.8 Å². The average molecular weight is 300 g/mol. The second-order valence-corrected chi connectivity index (χ2v) is 6.48. The summed E-state index contributed by atoms with van der Waals surface area (Å²) in [5.74, 6) is 0.444. The molecule has 2 amide bonds. The number of carbonyl (C=O) groups is 2. The SMILES string of the molecule is O=C(CCC(=O)NC1CC1c1ccccc1)NC1CCCC1. The van der Waals surface area contributed by atoms with Gasteiger partial charge in [0, 0.05) is 30.8 Å². The van der Waals surface area contributed by atoms with Crippen LogP contribution in [0.1, 0.15) is 56.4 Å². The third kappa shape index (κ3) is 4.09. The molecule has 0 radical (unpaired) electrons. The highest BCUT2D eigenvalue weighted by molar-refractivity contribution is 5.84. The van der Waals surface area contributed by atoms with Crippen LogP contribution < -0.4 is 10.6 Å². The maximum atomic E-state index is 11.9. The summed E-state index contributed by atoms with van der Waals surface area (Å²) in [6.45, 7) is 0. The summed E-state index contributed by atoms with van der Waals surface area (Å²) in [4.78, 5) is 23.7. The van der Waals surface area contributed by atoms with Crippen molar-refractivity contribution in [2.24, 2.45) is 0 Å². The summed E-state index contributed by atoms with van der Waals surface area (Å²) >= 11 is 0. The molecule has 2 unspecified atom stereocenters. The van der Waals surface area contributed by atoms with E-state index < -0.39 is 0 Å². The minimum atomic E-state index is -0.00926. The highest BCUT2D eigenvalue weighted by Crippen LogP contribution is 2.40. The van der Waals surface area contributed by atoms with E-state index in [1.54, 1.807) is 0 Å². The Kier molecular flexibility index (Phi) is 4.76. The molecule has 0 heterocycles. The number of hydrogen-bond acceptors (Lipinski definition) is 2. The summed E-state index contributed by atoms with van der Waals surface area (Å²) in [6.07, 6.45) is 6.16. The summed E-state index contributed by atoms with van der Waals surface area (Å²) in [6, 6.07) is 10.8. The zero-order valence-corrected chi connectivity index (χ0v) is 12.9. The first kappa shape index (κ1) is 15.1. The average Bonchev–Trinajstić information content (AvgIpc) is 3.10. The summed E-state index contributed by atoms with van der Waals surface area (Å²) in [5.41, 5.74) is 1.28. The van der Waals surface area contributed by atoms with Crippen LogP contribution in [0.4, 0.5) is 0 Å². The molecule has 0 bridgehead atoms. The molecule has 0 spiro atoms. The van der Waals surface area contributed by atoms with Gasteiger partial charge in [0.15, 0.2) is 0 Å². The minimum Gasteiger partial charge on any atom is -0.353 e. The van der Waals surface area contributed by atoms with Gasteiger partial charge >= 0.3 is 0 Å². The van der Waals surface area contributed by atoms with E-state index in [4.69, 9.17) is 0 Å². The molecule has 118 valence electrons. The Hall–Kier alpha value is -1.84. The molecule has 3 rings (SSSR count). The van der Waals surface area contributed by atoms with Crippen molar-refractivity contribution in [2.75, 3.05) is 0 Å². The van der Waals surface area contributed by atoms with Crippen LogP contribution in [0.5, 0.6) is 0 Å². The second kappa shape index (κ2) is 6.95. The largest absolute Gasteiger partial charge is 0.353 e.